The summed E-state index contributed by atoms with van der Waals surface area (Å²) in [7, 11) is 0. The van der Waals surface area contributed by atoms with Crippen LogP contribution in [0.2, 0.25) is 0 Å². The molecule has 2 rings (SSSR count). The predicted octanol–water partition coefficient (Wildman–Crippen LogP) is 3.31. The van der Waals surface area contributed by atoms with Gasteiger partial charge in [0.25, 0.3) is 0 Å². The van der Waals surface area contributed by atoms with E-state index in [4.69, 9.17) is 4.74 Å². The third-order valence-electron chi connectivity index (χ3n) is 3.89. The Morgan fingerprint density at radius 2 is 2.27 bits per heavy atom. The highest BCUT2D eigenvalue weighted by molar-refractivity contribution is 5.70. The monoisotopic (exact) mass is 298 g/mol. The van der Waals surface area contributed by atoms with E-state index in [0.29, 0.717) is 13.2 Å². The Kier molecular flexibility index (Phi) is 4.87. The molecule has 0 aliphatic carbocycles. The van der Waals surface area contributed by atoms with Gasteiger partial charge in [-0.05, 0) is 63.8 Å². The van der Waals surface area contributed by atoms with Crippen molar-refractivity contribution in [2.45, 2.75) is 39.7 Å². The van der Waals surface area contributed by atoms with Gasteiger partial charge in [-0.1, -0.05) is 12.0 Å². The van der Waals surface area contributed by atoms with Crippen LogP contribution < -0.4 is 0 Å². The molecule has 116 valence electrons. The van der Waals surface area contributed by atoms with E-state index in [2.05, 4.69) is 16.8 Å². The van der Waals surface area contributed by atoms with Crippen LogP contribution in [0.1, 0.15) is 38.6 Å². The number of ether oxygens (including phenoxy) is 1. The summed E-state index contributed by atoms with van der Waals surface area (Å²) in [5.74, 6) is 6.11. The van der Waals surface area contributed by atoms with Crippen LogP contribution in [-0.2, 0) is 4.74 Å². The van der Waals surface area contributed by atoms with Crippen molar-refractivity contribution in [3.8, 4) is 11.8 Å². The van der Waals surface area contributed by atoms with Crippen molar-refractivity contribution in [1.82, 2.24) is 9.88 Å². The number of carbonyl (C=O) groups is 1. The molecule has 1 fully saturated rings. The standard InChI is InChI=1S/C18H22N2O2/c1-5-22-17(21)20-13-12-15(18(20,3)4)9-7-11-16-10-6-8-14(2)19-16/h6,8-10H,5,12-13H2,1-4H3/b15-9+. The Labute approximate surface area is 132 Å². The molecule has 0 unspecified atom stereocenters. The summed E-state index contributed by atoms with van der Waals surface area (Å²) in [5.41, 5.74) is 2.49. The zero-order chi connectivity index (χ0) is 16.2. The van der Waals surface area contributed by atoms with Gasteiger partial charge in [0.2, 0.25) is 0 Å². The number of allylic oxidation sites excluding steroid dienone is 1. The van der Waals surface area contributed by atoms with Gasteiger partial charge in [-0.2, -0.15) is 0 Å². The Bertz CT molecular complexity index is 651. The SMILES string of the molecule is CCOC(=O)N1CC/C(=C\C#Cc2cccc(C)n2)C1(C)C. The lowest BCUT2D eigenvalue weighted by atomic mass is 9.95. The number of likely N-dealkylation sites (tertiary alicyclic amines) is 1. The molecule has 4 nitrogen and oxygen atoms in total. The molecule has 1 amide bonds. The highest BCUT2D eigenvalue weighted by Crippen LogP contribution is 2.34. The fourth-order valence-corrected chi connectivity index (χ4v) is 2.57. The first kappa shape index (κ1) is 16.1. The summed E-state index contributed by atoms with van der Waals surface area (Å²) in [6.07, 6.45) is 2.47. The lowest BCUT2D eigenvalue weighted by molar-refractivity contribution is 0.0902. The van der Waals surface area contributed by atoms with Gasteiger partial charge in [-0.25, -0.2) is 9.78 Å². The number of aryl methyl sites for hydroxylation is 1. The van der Waals surface area contributed by atoms with E-state index in [1.807, 2.05) is 52.0 Å². The van der Waals surface area contributed by atoms with Crippen molar-refractivity contribution in [2.75, 3.05) is 13.2 Å². The van der Waals surface area contributed by atoms with Crippen molar-refractivity contribution < 1.29 is 9.53 Å². The van der Waals surface area contributed by atoms with Crippen LogP contribution in [0.15, 0.2) is 29.8 Å². The average molecular weight is 298 g/mol. The van der Waals surface area contributed by atoms with Crippen LogP contribution in [0.25, 0.3) is 0 Å². The molecular weight excluding hydrogens is 276 g/mol. The number of aromatic nitrogens is 1. The van der Waals surface area contributed by atoms with E-state index >= 15 is 0 Å². The van der Waals surface area contributed by atoms with E-state index < -0.39 is 0 Å². The van der Waals surface area contributed by atoms with Crippen LogP contribution in [0.4, 0.5) is 4.79 Å². The third-order valence-corrected chi connectivity index (χ3v) is 3.89. The number of carbonyl (C=O) groups excluding carboxylic acids is 1. The minimum absolute atomic E-state index is 0.260. The highest BCUT2D eigenvalue weighted by atomic mass is 16.6. The molecule has 1 aliphatic rings. The maximum absolute atomic E-state index is 12.0. The van der Waals surface area contributed by atoms with Gasteiger partial charge in [0.15, 0.2) is 0 Å². The molecule has 0 bridgehead atoms. The molecule has 1 saturated heterocycles. The first-order valence-corrected chi connectivity index (χ1v) is 7.54. The number of amides is 1. The van der Waals surface area contributed by atoms with Crippen molar-refractivity contribution in [1.29, 1.82) is 0 Å². The second-order valence-corrected chi connectivity index (χ2v) is 5.76. The molecule has 2 heterocycles. The summed E-state index contributed by atoms with van der Waals surface area (Å²) >= 11 is 0. The lowest BCUT2D eigenvalue weighted by Crippen LogP contribution is -2.43. The van der Waals surface area contributed by atoms with E-state index in [-0.39, 0.29) is 11.6 Å². The molecule has 0 radical (unpaired) electrons. The van der Waals surface area contributed by atoms with Crippen LogP contribution in [0.3, 0.4) is 0 Å². The van der Waals surface area contributed by atoms with Gasteiger partial charge in [-0.15, -0.1) is 0 Å². The smallest absolute Gasteiger partial charge is 0.410 e. The fraction of sp³-hybridized carbons (Fsp3) is 0.444. The second kappa shape index (κ2) is 6.65. The van der Waals surface area contributed by atoms with Gasteiger partial charge in [0, 0.05) is 12.2 Å². The number of hydrogen-bond acceptors (Lipinski definition) is 3. The first-order chi connectivity index (χ1) is 10.4. The Morgan fingerprint density at radius 3 is 2.95 bits per heavy atom. The van der Waals surface area contributed by atoms with Gasteiger partial charge >= 0.3 is 6.09 Å². The van der Waals surface area contributed by atoms with Crippen LogP contribution in [-0.4, -0.2) is 34.7 Å². The highest BCUT2D eigenvalue weighted by Gasteiger charge is 2.40. The van der Waals surface area contributed by atoms with Crippen molar-refractivity contribution >= 4 is 6.09 Å². The van der Waals surface area contributed by atoms with Gasteiger partial charge in [0.05, 0.1) is 12.1 Å². The molecule has 0 spiro atoms. The number of rotatable bonds is 1. The maximum atomic E-state index is 12.0. The summed E-state index contributed by atoms with van der Waals surface area (Å²) in [6, 6.07) is 5.78. The molecule has 0 N–H and O–H groups in total. The van der Waals surface area contributed by atoms with E-state index in [9.17, 15) is 4.79 Å². The quantitative estimate of drug-likeness (QED) is 0.747. The molecule has 4 heteroatoms. The summed E-state index contributed by atoms with van der Waals surface area (Å²) in [6.45, 7) is 8.87. The maximum Gasteiger partial charge on any atom is 0.410 e. The van der Waals surface area contributed by atoms with Crippen molar-refractivity contribution in [3.05, 3.63) is 41.2 Å². The zero-order valence-corrected chi connectivity index (χ0v) is 13.6. The number of hydrogen-bond donors (Lipinski definition) is 0. The third kappa shape index (κ3) is 3.48. The molecule has 1 aliphatic heterocycles. The van der Waals surface area contributed by atoms with Crippen molar-refractivity contribution in [3.63, 3.8) is 0 Å². The molecule has 22 heavy (non-hydrogen) atoms. The largest absolute Gasteiger partial charge is 0.450 e. The van der Waals surface area contributed by atoms with E-state index in [1.54, 1.807) is 4.90 Å². The number of nitrogens with zero attached hydrogens (tertiary/aromatic N) is 2. The molecule has 0 saturated carbocycles. The molecule has 1 aromatic heterocycles. The summed E-state index contributed by atoms with van der Waals surface area (Å²) in [4.78, 5) is 18.1. The molecule has 0 atom stereocenters. The summed E-state index contributed by atoms with van der Waals surface area (Å²) < 4.78 is 5.11. The Morgan fingerprint density at radius 1 is 1.50 bits per heavy atom. The Hall–Kier alpha value is -2.28. The first-order valence-electron chi connectivity index (χ1n) is 7.54. The average Bonchev–Trinajstić information content (AvgIpc) is 2.74. The van der Waals surface area contributed by atoms with Gasteiger partial charge < -0.3 is 4.74 Å². The van der Waals surface area contributed by atoms with Gasteiger partial charge in [0.1, 0.15) is 5.69 Å². The predicted molar refractivity (Wildman–Crippen MR) is 86.4 cm³/mol. The van der Waals surface area contributed by atoms with Crippen molar-refractivity contribution in [2.24, 2.45) is 0 Å². The number of pyridine rings is 1. The topological polar surface area (TPSA) is 42.4 Å². The van der Waals surface area contributed by atoms with E-state index in [1.165, 1.54) is 0 Å². The fourth-order valence-electron chi connectivity index (χ4n) is 2.57. The Balaban J connectivity index is 2.15. The zero-order valence-electron chi connectivity index (χ0n) is 13.6. The van der Waals surface area contributed by atoms with Crippen LogP contribution >= 0.6 is 0 Å². The molecular formula is C18H22N2O2. The normalized spacial score (nSPS) is 18.0. The molecule has 0 aromatic carbocycles. The van der Waals surface area contributed by atoms with E-state index in [0.717, 1.165) is 23.4 Å². The minimum atomic E-state index is -0.360. The minimum Gasteiger partial charge on any atom is -0.450 e. The van der Waals surface area contributed by atoms with Crippen LogP contribution in [0.5, 0.6) is 0 Å². The second-order valence-electron chi connectivity index (χ2n) is 5.76. The van der Waals surface area contributed by atoms with Crippen LogP contribution in [0, 0.1) is 18.8 Å². The van der Waals surface area contributed by atoms with Gasteiger partial charge in [-0.3, -0.25) is 4.90 Å². The summed E-state index contributed by atoms with van der Waals surface area (Å²) in [5, 5.41) is 0. The molecule has 1 aromatic rings. The lowest BCUT2D eigenvalue weighted by Gasteiger charge is -2.31.